The summed E-state index contributed by atoms with van der Waals surface area (Å²) >= 11 is 2.71. The molecule has 3 aromatic heterocycles. The molecular formula is C21H19N3O3S2. The quantitative estimate of drug-likeness (QED) is 0.345. The monoisotopic (exact) mass is 425 g/mol. The van der Waals surface area contributed by atoms with Gasteiger partial charge in [-0.1, -0.05) is 42.1 Å². The summed E-state index contributed by atoms with van der Waals surface area (Å²) in [5.74, 6) is 0.863. The Bertz CT molecular complexity index is 1200. The Labute approximate surface area is 175 Å². The first kappa shape index (κ1) is 19.5. The molecule has 4 rings (SSSR count). The summed E-state index contributed by atoms with van der Waals surface area (Å²) in [6.45, 7) is 0.406. The third kappa shape index (κ3) is 3.99. The van der Waals surface area contributed by atoms with Crippen LogP contribution < -0.4 is 5.56 Å². The van der Waals surface area contributed by atoms with Crippen LogP contribution in [0.25, 0.3) is 21.3 Å². The van der Waals surface area contributed by atoms with Gasteiger partial charge in [-0.2, -0.15) is 0 Å². The third-order valence-corrected chi connectivity index (χ3v) is 6.47. The largest absolute Gasteiger partial charge is 0.467 e. The summed E-state index contributed by atoms with van der Waals surface area (Å²) in [6, 6.07) is 13.4. The lowest BCUT2D eigenvalue weighted by Gasteiger charge is -2.15. The molecule has 6 nitrogen and oxygen atoms in total. The van der Waals surface area contributed by atoms with Crippen molar-refractivity contribution in [2.75, 3.05) is 12.8 Å². The van der Waals surface area contributed by atoms with Crippen LogP contribution in [0.5, 0.6) is 0 Å². The van der Waals surface area contributed by atoms with Crippen molar-refractivity contribution in [1.29, 1.82) is 0 Å². The van der Waals surface area contributed by atoms with Gasteiger partial charge in [-0.25, -0.2) is 4.98 Å². The number of benzene rings is 1. The Kier molecular flexibility index (Phi) is 5.55. The molecule has 1 aromatic carbocycles. The Morgan fingerprint density at radius 3 is 2.76 bits per heavy atom. The molecule has 0 aliphatic rings. The third-order valence-electron chi connectivity index (χ3n) is 4.58. The second-order valence-electron chi connectivity index (χ2n) is 6.57. The van der Waals surface area contributed by atoms with Gasteiger partial charge >= 0.3 is 0 Å². The fourth-order valence-electron chi connectivity index (χ4n) is 2.97. The van der Waals surface area contributed by atoms with E-state index in [2.05, 4.69) is 4.98 Å². The van der Waals surface area contributed by atoms with Gasteiger partial charge in [0.1, 0.15) is 10.6 Å². The first-order valence-corrected chi connectivity index (χ1v) is 10.8. The number of furan rings is 1. The number of fused-ring (bicyclic) bond motifs is 1. The van der Waals surface area contributed by atoms with Gasteiger partial charge in [-0.05, 0) is 17.7 Å². The van der Waals surface area contributed by atoms with Crippen molar-refractivity contribution in [2.24, 2.45) is 7.05 Å². The van der Waals surface area contributed by atoms with E-state index in [1.54, 1.807) is 31.3 Å². The molecule has 0 fully saturated rings. The lowest BCUT2D eigenvalue weighted by molar-refractivity contribution is -0.127. The van der Waals surface area contributed by atoms with Crippen LogP contribution in [-0.2, 0) is 18.4 Å². The van der Waals surface area contributed by atoms with E-state index in [4.69, 9.17) is 4.42 Å². The molecule has 29 heavy (non-hydrogen) atoms. The molecule has 0 aliphatic carbocycles. The normalized spacial score (nSPS) is 11.1. The van der Waals surface area contributed by atoms with Crippen molar-refractivity contribution in [1.82, 2.24) is 14.5 Å². The van der Waals surface area contributed by atoms with Crippen LogP contribution in [0.15, 0.2) is 68.5 Å². The molecule has 3 heterocycles. The summed E-state index contributed by atoms with van der Waals surface area (Å²) in [5, 5.41) is 3.11. The van der Waals surface area contributed by atoms with E-state index >= 15 is 0 Å². The summed E-state index contributed by atoms with van der Waals surface area (Å²) in [6.07, 6.45) is 1.59. The molecule has 0 bridgehead atoms. The van der Waals surface area contributed by atoms with Crippen molar-refractivity contribution in [2.45, 2.75) is 11.7 Å². The van der Waals surface area contributed by atoms with E-state index in [0.717, 1.165) is 16.9 Å². The van der Waals surface area contributed by atoms with Crippen LogP contribution in [0.4, 0.5) is 0 Å². The van der Waals surface area contributed by atoms with Crippen molar-refractivity contribution in [3.8, 4) is 11.1 Å². The highest BCUT2D eigenvalue weighted by Crippen LogP contribution is 2.31. The Morgan fingerprint density at radius 1 is 1.24 bits per heavy atom. The average Bonchev–Trinajstić information content (AvgIpc) is 3.39. The molecule has 148 valence electrons. The van der Waals surface area contributed by atoms with Crippen LogP contribution >= 0.6 is 23.1 Å². The van der Waals surface area contributed by atoms with Gasteiger partial charge < -0.3 is 9.32 Å². The SMILES string of the molecule is CN(Cc1ccco1)C(=O)CSc1nc2scc(-c3ccccc3)c2c(=O)n1C. The molecule has 1 amide bonds. The minimum Gasteiger partial charge on any atom is -0.467 e. The van der Waals surface area contributed by atoms with Crippen LogP contribution in [0, 0.1) is 0 Å². The summed E-state index contributed by atoms with van der Waals surface area (Å²) in [5.41, 5.74) is 1.78. The van der Waals surface area contributed by atoms with Crippen LogP contribution in [0.2, 0.25) is 0 Å². The number of thiophene rings is 1. The van der Waals surface area contributed by atoms with E-state index in [0.29, 0.717) is 21.9 Å². The van der Waals surface area contributed by atoms with Crippen molar-refractivity contribution in [3.63, 3.8) is 0 Å². The zero-order valence-corrected chi connectivity index (χ0v) is 17.6. The molecule has 8 heteroatoms. The maximum Gasteiger partial charge on any atom is 0.263 e. The summed E-state index contributed by atoms with van der Waals surface area (Å²) in [4.78, 5) is 32.4. The van der Waals surface area contributed by atoms with Gasteiger partial charge in [0.05, 0.1) is 23.9 Å². The molecule has 0 saturated heterocycles. The van der Waals surface area contributed by atoms with Gasteiger partial charge in [0.2, 0.25) is 5.91 Å². The predicted molar refractivity (Wildman–Crippen MR) is 116 cm³/mol. The molecule has 0 unspecified atom stereocenters. The van der Waals surface area contributed by atoms with E-state index in [-0.39, 0.29) is 17.2 Å². The number of carbonyl (C=O) groups is 1. The van der Waals surface area contributed by atoms with Gasteiger partial charge in [0, 0.05) is 25.0 Å². The minimum absolute atomic E-state index is 0.0584. The van der Waals surface area contributed by atoms with Crippen molar-refractivity contribution >= 4 is 39.2 Å². The second-order valence-corrected chi connectivity index (χ2v) is 8.37. The molecule has 0 N–H and O–H groups in total. The molecule has 0 spiro atoms. The standard InChI is InChI=1S/C21H19N3O3S2/c1-23(11-15-9-6-10-27-15)17(25)13-29-21-22-19-18(20(26)24(21)2)16(12-28-19)14-7-4-3-5-8-14/h3-10,12H,11,13H2,1-2H3. The van der Waals surface area contributed by atoms with E-state index in [1.165, 1.54) is 27.7 Å². The maximum absolute atomic E-state index is 13.0. The number of amides is 1. The average molecular weight is 426 g/mol. The first-order valence-electron chi connectivity index (χ1n) is 8.97. The highest BCUT2D eigenvalue weighted by molar-refractivity contribution is 7.99. The molecular weight excluding hydrogens is 406 g/mol. The van der Waals surface area contributed by atoms with Crippen molar-refractivity contribution < 1.29 is 9.21 Å². The van der Waals surface area contributed by atoms with Gasteiger partial charge in [0.25, 0.3) is 5.56 Å². The molecule has 0 saturated carbocycles. The number of hydrogen-bond donors (Lipinski definition) is 0. The lowest BCUT2D eigenvalue weighted by Crippen LogP contribution is -2.28. The second kappa shape index (κ2) is 8.26. The Balaban J connectivity index is 1.55. The smallest absolute Gasteiger partial charge is 0.263 e. The molecule has 0 atom stereocenters. The highest BCUT2D eigenvalue weighted by atomic mass is 32.2. The molecule has 0 radical (unpaired) electrons. The zero-order valence-electron chi connectivity index (χ0n) is 16.0. The highest BCUT2D eigenvalue weighted by Gasteiger charge is 2.17. The summed E-state index contributed by atoms with van der Waals surface area (Å²) in [7, 11) is 3.42. The number of carbonyl (C=O) groups excluding carboxylic acids is 1. The van der Waals surface area contributed by atoms with Crippen molar-refractivity contribution in [3.05, 3.63) is 70.2 Å². The number of thioether (sulfide) groups is 1. The molecule has 4 aromatic rings. The number of rotatable bonds is 6. The minimum atomic E-state index is -0.103. The molecule has 0 aliphatic heterocycles. The Morgan fingerprint density at radius 2 is 2.03 bits per heavy atom. The number of nitrogens with zero attached hydrogens (tertiary/aromatic N) is 3. The van der Waals surface area contributed by atoms with Crippen LogP contribution in [0.3, 0.4) is 0 Å². The fourth-order valence-corrected chi connectivity index (χ4v) is 4.87. The first-order chi connectivity index (χ1) is 14.0. The predicted octanol–water partition coefficient (Wildman–Crippen LogP) is 4.01. The lowest BCUT2D eigenvalue weighted by atomic mass is 10.1. The van der Waals surface area contributed by atoms with Gasteiger partial charge in [-0.3, -0.25) is 14.2 Å². The zero-order chi connectivity index (χ0) is 20.4. The van der Waals surface area contributed by atoms with Gasteiger partial charge in [0.15, 0.2) is 5.16 Å². The van der Waals surface area contributed by atoms with Crippen LogP contribution in [-0.4, -0.2) is 33.2 Å². The van der Waals surface area contributed by atoms with E-state index in [9.17, 15) is 9.59 Å². The van der Waals surface area contributed by atoms with Crippen LogP contribution in [0.1, 0.15) is 5.76 Å². The van der Waals surface area contributed by atoms with Gasteiger partial charge in [-0.15, -0.1) is 11.3 Å². The maximum atomic E-state index is 13.0. The topological polar surface area (TPSA) is 68.3 Å². The summed E-state index contributed by atoms with van der Waals surface area (Å²) < 4.78 is 6.80. The number of hydrogen-bond acceptors (Lipinski definition) is 6. The number of aromatic nitrogens is 2. The van der Waals surface area contributed by atoms with E-state index in [1.807, 2.05) is 41.8 Å². The Hall–Kier alpha value is -2.84. The van der Waals surface area contributed by atoms with E-state index < -0.39 is 0 Å². The fraction of sp³-hybridized carbons (Fsp3) is 0.190.